The van der Waals surface area contributed by atoms with Crippen molar-refractivity contribution in [3.8, 4) is 11.6 Å². The topological polar surface area (TPSA) is 193 Å². The van der Waals surface area contributed by atoms with Gasteiger partial charge in [0.1, 0.15) is 29.5 Å². The van der Waals surface area contributed by atoms with Crippen molar-refractivity contribution >= 4 is 44.6 Å². The number of carbonyl (C=O) groups is 4. The summed E-state index contributed by atoms with van der Waals surface area (Å²) in [6, 6.07) is 5.22. The smallest absolute Gasteiger partial charge is 0.405 e. The fourth-order valence-electron chi connectivity index (χ4n) is 7.48. The third kappa shape index (κ3) is 7.49. The first-order chi connectivity index (χ1) is 24.3. The molecule has 0 spiro atoms. The molecule has 0 unspecified atom stereocenters. The summed E-state index contributed by atoms with van der Waals surface area (Å²) in [6.45, 7) is 3.80. The lowest BCUT2D eigenvalue weighted by molar-refractivity contribution is -0.142. The average molecular weight is 724 g/mol. The summed E-state index contributed by atoms with van der Waals surface area (Å²) in [4.78, 5) is 60.2. The highest BCUT2D eigenvalue weighted by Gasteiger charge is 2.62. The van der Waals surface area contributed by atoms with Gasteiger partial charge in [-0.05, 0) is 69.3 Å². The number of fused-ring (bicyclic) bond motifs is 3. The predicted octanol–water partition coefficient (Wildman–Crippen LogP) is 3.26. The Morgan fingerprint density at radius 3 is 2.47 bits per heavy atom. The fourth-order valence-corrected chi connectivity index (χ4v) is 8.85. The Hall–Kier alpha value is -4.40. The van der Waals surface area contributed by atoms with E-state index in [4.69, 9.17) is 9.47 Å². The van der Waals surface area contributed by atoms with Crippen molar-refractivity contribution in [1.29, 1.82) is 0 Å². The van der Waals surface area contributed by atoms with Gasteiger partial charge in [0.05, 0.1) is 24.1 Å². The maximum Gasteiger partial charge on any atom is 0.405 e. The lowest BCUT2D eigenvalue weighted by atomic mass is 9.88. The molecule has 2 aromatic rings. The molecule has 15 heteroatoms. The number of rotatable bonds is 8. The number of pyridine rings is 1. The molecule has 4 fully saturated rings. The second-order valence-corrected chi connectivity index (χ2v) is 16.9. The summed E-state index contributed by atoms with van der Waals surface area (Å²) in [6.07, 6.45) is 8.54. The maximum absolute atomic E-state index is 14.4. The van der Waals surface area contributed by atoms with Crippen LogP contribution in [0.2, 0.25) is 0 Å². The van der Waals surface area contributed by atoms with E-state index in [9.17, 15) is 32.7 Å². The number of amides is 4. The van der Waals surface area contributed by atoms with Gasteiger partial charge in [-0.1, -0.05) is 44.2 Å². The quantitative estimate of drug-likeness (QED) is 0.294. The molecule has 1 aromatic carbocycles. The van der Waals surface area contributed by atoms with E-state index in [0.29, 0.717) is 42.7 Å². The average Bonchev–Trinajstić information content (AvgIpc) is 3.98. The minimum Gasteiger partial charge on any atom is -0.488 e. The first-order valence-corrected chi connectivity index (χ1v) is 19.4. The molecular formula is C36H45N5O9S. The summed E-state index contributed by atoms with van der Waals surface area (Å²) in [5.41, 5.74) is -1.52. The Bertz CT molecular complexity index is 1860. The normalized spacial score (nSPS) is 32.0. The van der Waals surface area contributed by atoms with Crippen LogP contribution >= 0.6 is 0 Å². The molecule has 0 radical (unpaired) electrons. The van der Waals surface area contributed by atoms with E-state index in [1.807, 2.05) is 50.3 Å². The van der Waals surface area contributed by atoms with E-state index < -0.39 is 74.7 Å². The minimum absolute atomic E-state index is 0.0249. The Kier molecular flexibility index (Phi) is 9.35. The Balaban J connectivity index is 1.20. The van der Waals surface area contributed by atoms with Gasteiger partial charge in [-0.15, -0.1) is 0 Å². The van der Waals surface area contributed by atoms with Crippen molar-refractivity contribution in [2.45, 2.75) is 107 Å². The molecule has 7 rings (SSSR count). The SMILES string of the molecule is C[C@H]1CC/C=C\[C@@H]2C[C@@]2(C(=O)NS(=O)(=O)C2CC2)NC(=O)[C@@H]2C[C@@H](Oc3ncc(OC4CC4)c4ccccc34)CN2C(=O)[C@@H](NC(=O)O)[C@H](C)C1. The molecule has 5 aliphatic rings. The Morgan fingerprint density at radius 2 is 1.76 bits per heavy atom. The molecule has 4 N–H and O–H groups in total. The first-order valence-electron chi connectivity index (χ1n) is 17.9. The highest BCUT2D eigenvalue weighted by molar-refractivity contribution is 7.91. The van der Waals surface area contributed by atoms with Gasteiger partial charge in [0.25, 0.3) is 5.91 Å². The van der Waals surface area contributed by atoms with Crippen LogP contribution in [0.15, 0.2) is 42.6 Å². The summed E-state index contributed by atoms with van der Waals surface area (Å²) >= 11 is 0. The number of nitrogens with zero attached hydrogens (tertiary/aromatic N) is 2. The molecular weight excluding hydrogens is 678 g/mol. The fraction of sp³-hybridized carbons (Fsp3) is 0.583. The second-order valence-electron chi connectivity index (χ2n) is 15.0. The summed E-state index contributed by atoms with van der Waals surface area (Å²) in [5.74, 6) is -1.81. The third-order valence-electron chi connectivity index (χ3n) is 10.7. The van der Waals surface area contributed by atoms with Crippen LogP contribution in [0.5, 0.6) is 11.6 Å². The third-order valence-corrected chi connectivity index (χ3v) is 12.5. The van der Waals surface area contributed by atoms with Crippen LogP contribution in [0, 0.1) is 17.8 Å². The second kappa shape index (κ2) is 13.6. The zero-order chi connectivity index (χ0) is 36.1. The molecule has 7 atom stereocenters. The summed E-state index contributed by atoms with van der Waals surface area (Å²) < 4.78 is 40.3. The van der Waals surface area contributed by atoms with E-state index in [1.165, 1.54) is 4.90 Å². The van der Waals surface area contributed by atoms with Crippen molar-refractivity contribution in [2.75, 3.05) is 6.54 Å². The molecule has 274 valence electrons. The van der Waals surface area contributed by atoms with Crippen molar-refractivity contribution in [3.63, 3.8) is 0 Å². The van der Waals surface area contributed by atoms with E-state index in [0.717, 1.165) is 24.6 Å². The highest BCUT2D eigenvalue weighted by atomic mass is 32.2. The summed E-state index contributed by atoms with van der Waals surface area (Å²) in [7, 11) is -3.90. The van der Waals surface area contributed by atoms with Crippen LogP contribution in [-0.4, -0.2) is 88.8 Å². The molecule has 1 aromatic heterocycles. The van der Waals surface area contributed by atoms with Crippen molar-refractivity contribution in [1.82, 2.24) is 25.2 Å². The van der Waals surface area contributed by atoms with Crippen LogP contribution in [0.25, 0.3) is 10.8 Å². The number of ether oxygens (including phenoxy) is 2. The van der Waals surface area contributed by atoms with Crippen LogP contribution in [0.3, 0.4) is 0 Å². The lowest BCUT2D eigenvalue weighted by Crippen LogP contribution is -2.59. The number of nitrogens with one attached hydrogen (secondary N) is 3. The molecule has 2 aliphatic heterocycles. The number of hydrogen-bond acceptors (Lipinski definition) is 9. The van der Waals surface area contributed by atoms with Crippen LogP contribution < -0.4 is 24.8 Å². The van der Waals surface area contributed by atoms with Gasteiger partial charge in [0, 0.05) is 23.1 Å². The van der Waals surface area contributed by atoms with E-state index >= 15 is 0 Å². The Labute approximate surface area is 296 Å². The van der Waals surface area contributed by atoms with Gasteiger partial charge in [-0.25, -0.2) is 18.2 Å². The maximum atomic E-state index is 14.4. The van der Waals surface area contributed by atoms with E-state index in [-0.39, 0.29) is 31.4 Å². The number of hydrogen-bond donors (Lipinski definition) is 4. The highest BCUT2D eigenvalue weighted by Crippen LogP contribution is 2.46. The van der Waals surface area contributed by atoms with Gasteiger partial charge < -0.3 is 30.1 Å². The molecule has 14 nitrogen and oxygen atoms in total. The van der Waals surface area contributed by atoms with Gasteiger partial charge in [-0.2, -0.15) is 0 Å². The van der Waals surface area contributed by atoms with Crippen LogP contribution in [-0.2, 0) is 24.4 Å². The molecule has 3 aliphatic carbocycles. The van der Waals surface area contributed by atoms with Gasteiger partial charge in [-0.3, -0.25) is 19.1 Å². The Morgan fingerprint density at radius 1 is 1.02 bits per heavy atom. The molecule has 51 heavy (non-hydrogen) atoms. The number of allylic oxidation sites excluding steroid dienone is 1. The molecule has 4 amide bonds. The monoisotopic (exact) mass is 723 g/mol. The first kappa shape index (κ1) is 35.0. The zero-order valence-corrected chi connectivity index (χ0v) is 29.6. The molecule has 3 heterocycles. The van der Waals surface area contributed by atoms with Crippen LogP contribution in [0.4, 0.5) is 4.79 Å². The molecule has 0 bridgehead atoms. The van der Waals surface area contributed by atoms with E-state index in [2.05, 4.69) is 20.3 Å². The van der Waals surface area contributed by atoms with Crippen molar-refractivity contribution in [2.24, 2.45) is 17.8 Å². The number of carbonyl (C=O) groups excluding carboxylic acids is 3. The minimum atomic E-state index is -3.90. The number of carboxylic acid groups (broad SMARTS) is 1. The molecule has 1 saturated heterocycles. The van der Waals surface area contributed by atoms with Crippen molar-refractivity contribution in [3.05, 3.63) is 42.6 Å². The number of benzene rings is 1. The standard InChI is InChI=1S/C36H45N5O9S/c1-20-7-3-4-8-22-17-36(22,34(44)40-51(47,48)25-13-14-25)39-31(42)28-16-24(19-41(28)33(43)30(21(2)15-20)38-35(45)46)50-32-27-10-6-5-9-26(27)29(18-37-32)49-23-11-12-23/h4-6,8-10,18,20-25,28,30,38H,3,7,11-17,19H2,1-2H3,(H,39,42)(H,40,44)(H,45,46)/b8-4-/t20-,21+,22+,24+,28-,30-,36+/m0/s1. The van der Waals surface area contributed by atoms with Crippen LogP contribution in [0.1, 0.15) is 71.6 Å². The number of sulfonamides is 1. The molecule has 3 saturated carbocycles. The van der Waals surface area contributed by atoms with E-state index in [1.54, 1.807) is 6.20 Å². The van der Waals surface area contributed by atoms with Gasteiger partial charge in [0.15, 0.2) is 0 Å². The zero-order valence-electron chi connectivity index (χ0n) is 28.7. The lowest BCUT2D eigenvalue weighted by Gasteiger charge is -2.32. The van der Waals surface area contributed by atoms with Crippen molar-refractivity contribution < 1.29 is 42.2 Å². The number of aromatic nitrogens is 1. The largest absolute Gasteiger partial charge is 0.488 e. The van der Waals surface area contributed by atoms with Gasteiger partial charge >= 0.3 is 6.09 Å². The van der Waals surface area contributed by atoms with Gasteiger partial charge in [0.2, 0.25) is 27.7 Å². The summed E-state index contributed by atoms with van der Waals surface area (Å²) in [5, 5.41) is 15.9. The predicted molar refractivity (Wildman–Crippen MR) is 185 cm³/mol.